The first kappa shape index (κ1) is 30.8. The molecule has 11 nitrogen and oxygen atoms in total. The third kappa shape index (κ3) is 7.01. The molecule has 3 N–H and O–H groups in total. The fraction of sp³-hybridized carbons (Fsp3) is 0.333. The van der Waals surface area contributed by atoms with Gasteiger partial charge in [-0.25, -0.2) is 13.2 Å². The normalized spacial score (nSPS) is 17.9. The third-order valence-corrected chi connectivity index (χ3v) is 9.00. The maximum Gasteiger partial charge on any atom is 0.323 e. The van der Waals surface area contributed by atoms with Gasteiger partial charge < -0.3 is 30.1 Å². The first-order valence-electron chi connectivity index (χ1n) is 13.5. The van der Waals surface area contributed by atoms with Crippen LogP contribution in [0.4, 0.5) is 16.2 Å². The zero-order chi connectivity index (χ0) is 30.4. The lowest BCUT2D eigenvalue weighted by molar-refractivity contribution is 0.0387. The van der Waals surface area contributed by atoms with Crippen LogP contribution in [0.2, 0.25) is 0 Å². The Kier molecular flexibility index (Phi) is 9.71. The van der Waals surface area contributed by atoms with Crippen LogP contribution in [0.25, 0.3) is 0 Å². The van der Waals surface area contributed by atoms with Gasteiger partial charge in [-0.2, -0.15) is 4.31 Å². The van der Waals surface area contributed by atoms with E-state index in [1.807, 2.05) is 6.92 Å². The molecule has 1 aliphatic heterocycles. The summed E-state index contributed by atoms with van der Waals surface area (Å²) >= 11 is 0. The quantitative estimate of drug-likeness (QED) is 0.341. The summed E-state index contributed by atoms with van der Waals surface area (Å²) in [4.78, 5) is 28.1. The number of likely N-dealkylation sites (N-methyl/N-ethyl adjacent to an activating group) is 1. The highest BCUT2D eigenvalue weighted by atomic mass is 32.2. The molecular weight excluding hydrogens is 560 g/mol. The molecule has 42 heavy (non-hydrogen) atoms. The summed E-state index contributed by atoms with van der Waals surface area (Å²) in [7, 11) is -0.740. The summed E-state index contributed by atoms with van der Waals surface area (Å²) < 4.78 is 39.1. The maximum absolute atomic E-state index is 13.7. The second-order valence-corrected chi connectivity index (χ2v) is 12.3. The summed E-state index contributed by atoms with van der Waals surface area (Å²) in [5.74, 6) is 0.247. The minimum Gasteiger partial charge on any atom is -0.497 e. The summed E-state index contributed by atoms with van der Waals surface area (Å²) in [5.41, 5.74) is 1.08. The standard InChI is InChI=1S/C30H36N4O7S/c1-20-17-34(21(2)19-35)29(36)26-16-23(32-30(37)31-22-10-13-24(40-4)14-11-22)12-15-27(26)41-28(20)18-33(3)42(38,39)25-8-6-5-7-9-25/h5-16,20-21,28,35H,17-19H2,1-4H3,(H2,31,32,37). The summed E-state index contributed by atoms with van der Waals surface area (Å²) in [6.45, 7) is 3.60. The van der Waals surface area contributed by atoms with Gasteiger partial charge in [-0.15, -0.1) is 0 Å². The van der Waals surface area contributed by atoms with Crippen LogP contribution >= 0.6 is 0 Å². The maximum atomic E-state index is 13.7. The SMILES string of the molecule is COc1ccc(NC(=O)Nc2ccc3c(c2)C(=O)N(C(C)CO)CC(C)C(CN(C)S(=O)(=O)c2ccccc2)O3)cc1. The highest BCUT2D eigenvalue weighted by Gasteiger charge is 2.35. The highest BCUT2D eigenvalue weighted by Crippen LogP contribution is 2.31. The summed E-state index contributed by atoms with van der Waals surface area (Å²) in [5, 5.41) is 15.4. The Morgan fingerprint density at radius 2 is 1.74 bits per heavy atom. The van der Waals surface area contributed by atoms with Gasteiger partial charge in [0.1, 0.15) is 17.6 Å². The predicted molar refractivity (Wildman–Crippen MR) is 159 cm³/mol. The molecule has 0 aliphatic carbocycles. The van der Waals surface area contributed by atoms with Crippen LogP contribution in [0.5, 0.6) is 11.5 Å². The Morgan fingerprint density at radius 3 is 2.38 bits per heavy atom. The lowest BCUT2D eigenvalue weighted by Crippen LogP contribution is -2.50. The molecule has 1 aliphatic rings. The second kappa shape index (κ2) is 13.2. The van der Waals surface area contributed by atoms with Crippen molar-refractivity contribution >= 4 is 33.3 Å². The van der Waals surface area contributed by atoms with E-state index in [2.05, 4.69) is 10.6 Å². The topological polar surface area (TPSA) is 138 Å². The van der Waals surface area contributed by atoms with E-state index in [0.717, 1.165) is 0 Å². The fourth-order valence-electron chi connectivity index (χ4n) is 4.61. The van der Waals surface area contributed by atoms with E-state index >= 15 is 0 Å². The zero-order valence-electron chi connectivity index (χ0n) is 24.0. The average molecular weight is 597 g/mol. The number of amides is 3. The minimum absolute atomic E-state index is 0.0254. The molecule has 0 spiro atoms. The third-order valence-electron chi connectivity index (χ3n) is 7.16. The minimum atomic E-state index is -3.78. The van der Waals surface area contributed by atoms with E-state index in [1.165, 1.54) is 29.6 Å². The van der Waals surface area contributed by atoms with Crippen LogP contribution < -0.4 is 20.1 Å². The van der Waals surface area contributed by atoms with Crippen molar-refractivity contribution in [1.29, 1.82) is 0 Å². The molecular formula is C30H36N4O7S. The number of benzene rings is 3. The smallest absolute Gasteiger partial charge is 0.323 e. The first-order valence-corrected chi connectivity index (χ1v) is 14.9. The van der Waals surface area contributed by atoms with Crippen molar-refractivity contribution < 1.29 is 32.6 Å². The number of carbonyl (C=O) groups excluding carboxylic acids is 2. The van der Waals surface area contributed by atoms with E-state index in [9.17, 15) is 23.1 Å². The van der Waals surface area contributed by atoms with Gasteiger partial charge >= 0.3 is 6.03 Å². The van der Waals surface area contributed by atoms with Crippen LogP contribution in [-0.4, -0.2) is 80.7 Å². The molecule has 0 saturated carbocycles. The van der Waals surface area contributed by atoms with Gasteiger partial charge in [0.2, 0.25) is 10.0 Å². The molecule has 0 saturated heterocycles. The highest BCUT2D eigenvalue weighted by molar-refractivity contribution is 7.89. The molecule has 3 amide bonds. The van der Waals surface area contributed by atoms with Crippen molar-refractivity contribution in [2.45, 2.75) is 30.9 Å². The number of fused-ring (bicyclic) bond motifs is 1. The average Bonchev–Trinajstić information content (AvgIpc) is 2.99. The number of hydrogen-bond acceptors (Lipinski definition) is 7. The number of hydrogen-bond donors (Lipinski definition) is 3. The van der Waals surface area contributed by atoms with E-state index in [0.29, 0.717) is 17.1 Å². The zero-order valence-corrected chi connectivity index (χ0v) is 24.8. The van der Waals surface area contributed by atoms with Crippen LogP contribution in [0.15, 0.2) is 77.7 Å². The molecule has 3 aromatic rings. The van der Waals surface area contributed by atoms with Gasteiger partial charge in [0.15, 0.2) is 0 Å². The predicted octanol–water partition coefficient (Wildman–Crippen LogP) is 3.88. The van der Waals surface area contributed by atoms with Crippen molar-refractivity contribution in [2.75, 3.05) is 44.5 Å². The van der Waals surface area contributed by atoms with Crippen molar-refractivity contribution in [2.24, 2.45) is 5.92 Å². The van der Waals surface area contributed by atoms with Gasteiger partial charge in [-0.3, -0.25) is 4.79 Å². The number of sulfonamides is 1. The number of nitrogens with zero attached hydrogens (tertiary/aromatic N) is 2. The Labute approximate surface area is 246 Å². The Hall–Kier alpha value is -4.13. The van der Waals surface area contributed by atoms with Crippen LogP contribution in [0.1, 0.15) is 24.2 Å². The molecule has 12 heteroatoms. The number of carbonyl (C=O) groups is 2. The number of ether oxygens (including phenoxy) is 2. The molecule has 4 rings (SSSR count). The summed E-state index contributed by atoms with van der Waals surface area (Å²) in [6.07, 6.45) is -0.620. The lowest BCUT2D eigenvalue weighted by Gasteiger charge is -2.38. The van der Waals surface area contributed by atoms with Crippen molar-refractivity contribution in [3.63, 3.8) is 0 Å². The molecule has 224 valence electrons. The van der Waals surface area contributed by atoms with E-state index in [4.69, 9.17) is 9.47 Å². The second-order valence-electron chi connectivity index (χ2n) is 10.2. The number of nitrogens with one attached hydrogen (secondary N) is 2. The monoisotopic (exact) mass is 596 g/mol. The fourth-order valence-corrected chi connectivity index (χ4v) is 5.81. The van der Waals surface area contributed by atoms with E-state index in [-0.39, 0.29) is 47.7 Å². The summed E-state index contributed by atoms with van der Waals surface area (Å²) in [6, 6.07) is 18.6. The Balaban J connectivity index is 1.59. The molecule has 1 heterocycles. The number of urea groups is 1. The first-order chi connectivity index (χ1) is 20.0. The Bertz CT molecular complexity index is 1500. The number of rotatable bonds is 9. The molecule has 0 aromatic heterocycles. The van der Waals surface area contributed by atoms with Gasteiger partial charge in [-0.05, 0) is 61.5 Å². The van der Waals surface area contributed by atoms with E-state index in [1.54, 1.807) is 73.5 Å². The number of anilines is 2. The van der Waals surface area contributed by atoms with Crippen LogP contribution in [0.3, 0.4) is 0 Å². The largest absolute Gasteiger partial charge is 0.497 e. The molecule has 0 radical (unpaired) electrons. The van der Waals surface area contributed by atoms with Crippen LogP contribution in [0, 0.1) is 5.92 Å². The van der Waals surface area contributed by atoms with Gasteiger partial charge in [-0.1, -0.05) is 25.1 Å². The van der Waals surface area contributed by atoms with Crippen molar-refractivity contribution in [3.05, 3.63) is 78.4 Å². The number of methoxy groups -OCH3 is 1. The molecule has 0 fully saturated rings. The molecule has 3 atom stereocenters. The van der Waals surface area contributed by atoms with Crippen molar-refractivity contribution in [3.8, 4) is 11.5 Å². The van der Waals surface area contributed by atoms with Gasteiger partial charge in [0.25, 0.3) is 5.91 Å². The number of aliphatic hydroxyl groups is 1. The Morgan fingerprint density at radius 1 is 1.10 bits per heavy atom. The molecule has 3 aromatic carbocycles. The number of aliphatic hydroxyl groups excluding tert-OH is 1. The van der Waals surface area contributed by atoms with Crippen molar-refractivity contribution in [1.82, 2.24) is 9.21 Å². The molecule has 0 bridgehead atoms. The molecule has 3 unspecified atom stereocenters. The van der Waals surface area contributed by atoms with Gasteiger partial charge in [0, 0.05) is 30.9 Å². The van der Waals surface area contributed by atoms with Crippen LogP contribution in [-0.2, 0) is 10.0 Å². The van der Waals surface area contributed by atoms with E-state index < -0.39 is 28.2 Å². The lowest BCUT2D eigenvalue weighted by atomic mass is 9.99. The van der Waals surface area contributed by atoms with Gasteiger partial charge in [0.05, 0.1) is 36.8 Å².